The first-order chi connectivity index (χ1) is 8.58. The number of halogens is 1. The van der Waals surface area contributed by atoms with Crippen LogP contribution in [0.1, 0.15) is 32.6 Å². The van der Waals surface area contributed by atoms with Gasteiger partial charge in [0.05, 0.1) is 12.0 Å². The monoisotopic (exact) mass is 290 g/mol. The van der Waals surface area contributed by atoms with E-state index in [4.69, 9.17) is 0 Å². The van der Waals surface area contributed by atoms with Gasteiger partial charge in [0.25, 0.3) is 0 Å². The Morgan fingerprint density at radius 2 is 2.21 bits per heavy atom. The lowest BCUT2D eigenvalue weighted by Crippen LogP contribution is -2.39. The zero-order valence-corrected chi connectivity index (χ0v) is 12.2. The van der Waals surface area contributed by atoms with E-state index >= 15 is 0 Å². The molecule has 6 heteroatoms. The molecule has 1 heterocycles. The summed E-state index contributed by atoms with van der Waals surface area (Å²) in [6, 6.07) is 0. The summed E-state index contributed by atoms with van der Waals surface area (Å²) >= 11 is 0. The number of rotatable bonds is 5. The molecule has 1 saturated heterocycles. The summed E-state index contributed by atoms with van der Waals surface area (Å²) < 4.78 is 0. The molecule has 0 spiro atoms. The number of carboxylic acid groups (broad SMARTS) is 1. The minimum absolute atomic E-state index is 0. The summed E-state index contributed by atoms with van der Waals surface area (Å²) in [4.78, 5) is 25.1. The molecule has 0 aromatic rings. The average molecular weight is 291 g/mol. The first-order valence-corrected chi connectivity index (χ1v) is 6.81. The summed E-state index contributed by atoms with van der Waals surface area (Å²) in [7, 11) is 0. The van der Waals surface area contributed by atoms with Crippen molar-refractivity contribution in [2.24, 2.45) is 11.3 Å². The molecule has 2 atom stereocenters. The minimum Gasteiger partial charge on any atom is -0.481 e. The van der Waals surface area contributed by atoms with Crippen molar-refractivity contribution >= 4 is 24.3 Å². The van der Waals surface area contributed by atoms with E-state index in [1.165, 1.54) is 0 Å². The molecule has 2 N–H and O–H groups in total. The highest BCUT2D eigenvalue weighted by Crippen LogP contribution is 2.48. The van der Waals surface area contributed by atoms with Gasteiger partial charge in [0, 0.05) is 19.6 Å². The molecular weight excluding hydrogens is 268 g/mol. The Morgan fingerprint density at radius 1 is 1.47 bits per heavy atom. The number of nitrogens with zero attached hydrogens (tertiary/aromatic N) is 1. The van der Waals surface area contributed by atoms with Crippen LogP contribution in [-0.2, 0) is 9.59 Å². The standard InChI is InChI=1S/C13H22N2O3.ClH/c1-2-6-14-11(16)8-15-7-10-4-3-5-13(10,9-15)12(17)18;/h10H,2-9H2,1H3,(H,14,16)(H,17,18);1H/t10-,13+;/m0./s1. The van der Waals surface area contributed by atoms with Crippen LogP contribution in [-0.4, -0.2) is 48.1 Å². The maximum Gasteiger partial charge on any atom is 0.311 e. The second kappa shape index (κ2) is 6.57. The van der Waals surface area contributed by atoms with Crippen LogP contribution in [0.25, 0.3) is 0 Å². The van der Waals surface area contributed by atoms with E-state index < -0.39 is 11.4 Å². The fraction of sp³-hybridized carbons (Fsp3) is 0.846. The Labute approximate surface area is 120 Å². The van der Waals surface area contributed by atoms with Crippen LogP contribution in [0.15, 0.2) is 0 Å². The van der Waals surface area contributed by atoms with Gasteiger partial charge in [0.15, 0.2) is 0 Å². The Hall–Kier alpha value is -0.810. The SMILES string of the molecule is CCCNC(=O)CN1C[C@@H]2CCC[C@@]2(C(=O)O)C1.Cl. The third-order valence-electron chi connectivity index (χ3n) is 4.31. The topological polar surface area (TPSA) is 69.6 Å². The summed E-state index contributed by atoms with van der Waals surface area (Å²) in [5.74, 6) is -0.437. The molecule has 2 rings (SSSR count). The summed E-state index contributed by atoms with van der Waals surface area (Å²) in [6.45, 7) is 4.34. The van der Waals surface area contributed by atoms with Crippen molar-refractivity contribution in [2.75, 3.05) is 26.2 Å². The van der Waals surface area contributed by atoms with Crippen LogP contribution in [0, 0.1) is 11.3 Å². The van der Waals surface area contributed by atoms with Gasteiger partial charge in [-0.25, -0.2) is 0 Å². The lowest BCUT2D eigenvalue weighted by molar-refractivity contribution is -0.149. The molecule has 0 radical (unpaired) electrons. The van der Waals surface area contributed by atoms with Gasteiger partial charge in [0.2, 0.25) is 5.91 Å². The molecular formula is C13H23ClN2O3. The molecule has 5 nitrogen and oxygen atoms in total. The largest absolute Gasteiger partial charge is 0.481 e. The summed E-state index contributed by atoms with van der Waals surface area (Å²) in [6.07, 6.45) is 3.68. The van der Waals surface area contributed by atoms with Crippen molar-refractivity contribution < 1.29 is 14.7 Å². The number of carbonyl (C=O) groups excluding carboxylic acids is 1. The van der Waals surface area contributed by atoms with Crippen molar-refractivity contribution in [1.29, 1.82) is 0 Å². The van der Waals surface area contributed by atoms with Crippen LogP contribution in [0.5, 0.6) is 0 Å². The molecule has 0 bridgehead atoms. The first-order valence-electron chi connectivity index (χ1n) is 6.81. The van der Waals surface area contributed by atoms with Gasteiger partial charge in [0.1, 0.15) is 0 Å². The molecule has 1 aliphatic carbocycles. The number of carbonyl (C=O) groups is 2. The number of aliphatic carboxylic acids is 1. The van der Waals surface area contributed by atoms with Crippen LogP contribution >= 0.6 is 12.4 Å². The third kappa shape index (κ3) is 3.20. The van der Waals surface area contributed by atoms with E-state index in [-0.39, 0.29) is 24.2 Å². The van der Waals surface area contributed by atoms with Gasteiger partial charge < -0.3 is 10.4 Å². The van der Waals surface area contributed by atoms with Crippen molar-refractivity contribution in [3.8, 4) is 0 Å². The highest BCUT2D eigenvalue weighted by atomic mass is 35.5. The van der Waals surface area contributed by atoms with Crippen molar-refractivity contribution in [1.82, 2.24) is 10.2 Å². The van der Waals surface area contributed by atoms with Crippen molar-refractivity contribution in [2.45, 2.75) is 32.6 Å². The maximum absolute atomic E-state index is 11.7. The molecule has 19 heavy (non-hydrogen) atoms. The number of hydrogen-bond acceptors (Lipinski definition) is 3. The van der Waals surface area contributed by atoms with Crippen LogP contribution in [0.3, 0.4) is 0 Å². The Balaban J connectivity index is 0.00000180. The number of amides is 1. The van der Waals surface area contributed by atoms with Crippen LogP contribution < -0.4 is 5.32 Å². The van der Waals surface area contributed by atoms with Crippen LogP contribution in [0.2, 0.25) is 0 Å². The van der Waals surface area contributed by atoms with E-state index in [0.29, 0.717) is 19.6 Å². The molecule has 0 aromatic heterocycles. The normalized spacial score (nSPS) is 29.6. The van der Waals surface area contributed by atoms with Crippen LogP contribution in [0.4, 0.5) is 0 Å². The molecule has 110 valence electrons. The van der Waals surface area contributed by atoms with E-state index in [2.05, 4.69) is 5.32 Å². The first kappa shape index (κ1) is 16.2. The minimum atomic E-state index is -0.679. The molecule has 1 saturated carbocycles. The average Bonchev–Trinajstić information content (AvgIpc) is 2.83. The van der Waals surface area contributed by atoms with Gasteiger partial charge in [-0.15, -0.1) is 12.4 Å². The Bertz CT molecular complexity index is 351. The van der Waals surface area contributed by atoms with Gasteiger partial charge in [-0.1, -0.05) is 13.3 Å². The second-order valence-corrected chi connectivity index (χ2v) is 5.57. The fourth-order valence-electron chi connectivity index (χ4n) is 3.39. The molecule has 0 unspecified atom stereocenters. The number of nitrogens with one attached hydrogen (secondary N) is 1. The predicted molar refractivity (Wildman–Crippen MR) is 74.4 cm³/mol. The van der Waals surface area contributed by atoms with E-state index in [9.17, 15) is 14.7 Å². The Morgan fingerprint density at radius 3 is 2.79 bits per heavy atom. The zero-order valence-electron chi connectivity index (χ0n) is 11.4. The lowest BCUT2D eigenvalue weighted by Gasteiger charge is -2.23. The summed E-state index contributed by atoms with van der Waals surface area (Å²) in [5.41, 5.74) is -0.578. The quantitative estimate of drug-likeness (QED) is 0.796. The number of carboxylic acids is 1. The van der Waals surface area contributed by atoms with Gasteiger partial charge >= 0.3 is 5.97 Å². The maximum atomic E-state index is 11.7. The number of fused-ring (bicyclic) bond motifs is 1. The number of hydrogen-bond donors (Lipinski definition) is 2. The highest BCUT2D eigenvalue weighted by Gasteiger charge is 2.54. The second-order valence-electron chi connectivity index (χ2n) is 5.57. The zero-order chi connectivity index (χ0) is 13.2. The van der Waals surface area contributed by atoms with E-state index in [0.717, 1.165) is 32.2 Å². The molecule has 1 aliphatic heterocycles. The Kier molecular flexibility index (Phi) is 5.62. The molecule has 2 aliphatic rings. The molecule has 2 fully saturated rings. The fourth-order valence-corrected chi connectivity index (χ4v) is 3.39. The van der Waals surface area contributed by atoms with Gasteiger partial charge in [-0.05, 0) is 25.2 Å². The van der Waals surface area contributed by atoms with Gasteiger partial charge in [-0.3, -0.25) is 14.5 Å². The van der Waals surface area contributed by atoms with Gasteiger partial charge in [-0.2, -0.15) is 0 Å². The van der Waals surface area contributed by atoms with E-state index in [1.807, 2.05) is 11.8 Å². The molecule has 1 amide bonds. The molecule has 0 aromatic carbocycles. The van der Waals surface area contributed by atoms with Crippen molar-refractivity contribution in [3.63, 3.8) is 0 Å². The smallest absolute Gasteiger partial charge is 0.311 e. The predicted octanol–water partition coefficient (Wildman–Crippen LogP) is 1.12. The third-order valence-corrected chi connectivity index (χ3v) is 4.31. The number of likely N-dealkylation sites (tertiary alicyclic amines) is 1. The lowest BCUT2D eigenvalue weighted by atomic mass is 9.81. The summed E-state index contributed by atoms with van der Waals surface area (Å²) in [5, 5.41) is 12.3. The van der Waals surface area contributed by atoms with E-state index in [1.54, 1.807) is 0 Å². The highest BCUT2D eigenvalue weighted by molar-refractivity contribution is 5.85. The van der Waals surface area contributed by atoms with Crippen molar-refractivity contribution in [3.05, 3.63) is 0 Å².